The zero-order valence-electron chi connectivity index (χ0n) is 14.8. The van der Waals surface area contributed by atoms with Crippen molar-refractivity contribution in [2.24, 2.45) is 4.99 Å². The summed E-state index contributed by atoms with van der Waals surface area (Å²) in [5.41, 5.74) is 2.81. The van der Waals surface area contributed by atoms with Gasteiger partial charge in [0.2, 0.25) is 0 Å². The molecule has 2 rings (SSSR count). The Morgan fingerprint density at radius 1 is 1.26 bits per heavy atom. The summed E-state index contributed by atoms with van der Waals surface area (Å²) in [5, 5.41) is 6.72. The van der Waals surface area contributed by atoms with Gasteiger partial charge in [0.25, 0.3) is 0 Å². The molecule has 1 aromatic rings. The molecule has 0 amide bonds. The van der Waals surface area contributed by atoms with Gasteiger partial charge in [-0.1, -0.05) is 38.1 Å². The molecule has 0 bridgehead atoms. The van der Waals surface area contributed by atoms with Crippen molar-refractivity contribution in [2.75, 3.05) is 26.7 Å². The number of aliphatic imine (C=N–C) groups is 1. The Morgan fingerprint density at radius 2 is 2.04 bits per heavy atom. The number of nitrogens with one attached hydrogen (secondary N) is 2. The molecule has 0 saturated carbocycles. The molecular formula is C19H31N3O. The maximum atomic E-state index is 5.61. The number of benzene rings is 1. The highest BCUT2D eigenvalue weighted by atomic mass is 16.5. The molecule has 1 aliphatic rings. The highest BCUT2D eigenvalue weighted by Crippen LogP contribution is 2.15. The molecule has 0 aliphatic carbocycles. The first kappa shape index (κ1) is 17.8. The molecule has 1 aromatic carbocycles. The second-order valence-electron chi connectivity index (χ2n) is 6.51. The smallest absolute Gasteiger partial charge is 0.191 e. The van der Waals surface area contributed by atoms with Crippen molar-refractivity contribution in [1.82, 2.24) is 10.6 Å². The molecular weight excluding hydrogens is 286 g/mol. The van der Waals surface area contributed by atoms with E-state index in [1.807, 2.05) is 7.05 Å². The summed E-state index contributed by atoms with van der Waals surface area (Å²) < 4.78 is 5.61. The third-order valence-electron chi connectivity index (χ3n) is 4.33. The third kappa shape index (κ3) is 6.22. The Balaban J connectivity index is 1.63. The number of aryl methyl sites for hydroxylation is 1. The minimum absolute atomic E-state index is 0.341. The van der Waals surface area contributed by atoms with Crippen LogP contribution in [0.3, 0.4) is 0 Å². The van der Waals surface area contributed by atoms with Gasteiger partial charge in [-0.05, 0) is 42.7 Å². The summed E-state index contributed by atoms with van der Waals surface area (Å²) in [7, 11) is 1.81. The third-order valence-corrected chi connectivity index (χ3v) is 4.33. The van der Waals surface area contributed by atoms with Crippen LogP contribution < -0.4 is 10.6 Å². The maximum Gasteiger partial charge on any atom is 0.191 e. The molecule has 1 atom stereocenters. The SMILES string of the molecule is CN=C(NCCCc1ccc(C(C)C)cc1)NCC1CCCO1. The number of ether oxygens (including phenoxy) is 1. The van der Waals surface area contributed by atoms with Crippen LogP contribution >= 0.6 is 0 Å². The van der Waals surface area contributed by atoms with Crippen LogP contribution in [0.4, 0.5) is 0 Å². The Bertz CT molecular complexity index is 476. The van der Waals surface area contributed by atoms with Gasteiger partial charge in [0, 0.05) is 26.7 Å². The Kier molecular flexibility index (Phi) is 7.40. The Hall–Kier alpha value is -1.55. The number of rotatable bonds is 7. The predicted octanol–water partition coefficient (Wildman–Crippen LogP) is 3.09. The van der Waals surface area contributed by atoms with Gasteiger partial charge in [0.05, 0.1) is 6.10 Å². The molecule has 1 heterocycles. The van der Waals surface area contributed by atoms with Crippen molar-refractivity contribution >= 4 is 5.96 Å². The summed E-state index contributed by atoms with van der Waals surface area (Å²) in [6, 6.07) is 8.99. The molecule has 23 heavy (non-hydrogen) atoms. The number of guanidine groups is 1. The molecule has 1 unspecified atom stereocenters. The first-order valence-electron chi connectivity index (χ1n) is 8.84. The van der Waals surface area contributed by atoms with E-state index in [1.54, 1.807) is 0 Å². The van der Waals surface area contributed by atoms with Gasteiger partial charge < -0.3 is 15.4 Å². The van der Waals surface area contributed by atoms with Crippen LogP contribution in [0.15, 0.2) is 29.3 Å². The average molecular weight is 317 g/mol. The van der Waals surface area contributed by atoms with Gasteiger partial charge in [-0.15, -0.1) is 0 Å². The number of nitrogens with zero attached hydrogens (tertiary/aromatic N) is 1. The van der Waals surface area contributed by atoms with Crippen molar-refractivity contribution in [3.63, 3.8) is 0 Å². The molecule has 2 N–H and O–H groups in total. The van der Waals surface area contributed by atoms with Gasteiger partial charge in [0.15, 0.2) is 5.96 Å². The van der Waals surface area contributed by atoms with E-state index in [0.717, 1.165) is 44.9 Å². The lowest BCUT2D eigenvalue weighted by Gasteiger charge is -2.15. The lowest BCUT2D eigenvalue weighted by molar-refractivity contribution is 0.114. The molecule has 0 radical (unpaired) electrons. The lowest BCUT2D eigenvalue weighted by atomic mass is 10.0. The molecule has 0 aromatic heterocycles. The van der Waals surface area contributed by atoms with E-state index in [2.05, 4.69) is 53.7 Å². The van der Waals surface area contributed by atoms with E-state index in [0.29, 0.717) is 12.0 Å². The first-order chi connectivity index (χ1) is 11.2. The summed E-state index contributed by atoms with van der Waals surface area (Å²) in [5.74, 6) is 1.47. The van der Waals surface area contributed by atoms with E-state index in [1.165, 1.54) is 17.5 Å². The van der Waals surface area contributed by atoms with Gasteiger partial charge in [0.1, 0.15) is 0 Å². The van der Waals surface area contributed by atoms with E-state index in [9.17, 15) is 0 Å². The topological polar surface area (TPSA) is 45.7 Å². The van der Waals surface area contributed by atoms with Crippen LogP contribution in [-0.2, 0) is 11.2 Å². The summed E-state index contributed by atoms with van der Waals surface area (Å²) in [6.45, 7) is 7.13. The molecule has 1 fully saturated rings. The number of hydrogen-bond acceptors (Lipinski definition) is 2. The molecule has 128 valence electrons. The highest BCUT2D eigenvalue weighted by Gasteiger charge is 2.15. The lowest BCUT2D eigenvalue weighted by Crippen LogP contribution is -2.41. The van der Waals surface area contributed by atoms with Crippen molar-refractivity contribution in [3.05, 3.63) is 35.4 Å². The van der Waals surface area contributed by atoms with Gasteiger partial charge in [-0.2, -0.15) is 0 Å². The van der Waals surface area contributed by atoms with Gasteiger partial charge in [-0.25, -0.2) is 0 Å². The molecule has 4 heteroatoms. The highest BCUT2D eigenvalue weighted by molar-refractivity contribution is 5.79. The van der Waals surface area contributed by atoms with Crippen molar-refractivity contribution in [2.45, 2.75) is 51.6 Å². The second kappa shape index (κ2) is 9.56. The molecule has 1 saturated heterocycles. The monoisotopic (exact) mass is 317 g/mol. The fraction of sp³-hybridized carbons (Fsp3) is 0.632. The average Bonchev–Trinajstić information content (AvgIpc) is 3.08. The van der Waals surface area contributed by atoms with Crippen LogP contribution in [0.5, 0.6) is 0 Å². The minimum Gasteiger partial charge on any atom is -0.376 e. The van der Waals surface area contributed by atoms with Gasteiger partial charge in [-0.3, -0.25) is 4.99 Å². The maximum absolute atomic E-state index is 5.61. The number of hydrogen-bond donors (Lipinski definition) is 2. The van der Waals surface area contributed by atoms with Crippen LogP contribution in [0.25, 0.3) is 0 Å². The molecule has 1 aliphatic heterocycles. The summed E-state index contributed by atoms with van der Waals surface area (Å²) >= 11 is 0. The molecule has 0 spiro atoms. The standard InChI is InChI=1S/C19H31N3O/c1-15(2)17-10-8-16(9-11-17)6-4-12-21-19(20-3)22-14-18-7-5-13-23-18/h8-11,15,18H,4-7,12-14H2,1-3H3,(H2,20,21,22). The molecule has 4 nitrogen and oxygen atoms in total. The van der Waals surface area contributed by atoms with Crippen LogP contribution in [0.1, 0.15) is 50.2 Å². The fourth-order valence-corrected chi connectivity index (χ4v) is 2.80. The largest absolute Gasteiger partial charge is 0.376 e. The van der Waals surface area contributed by atoms with Crippen LogP contribution in [0.2, 0.25) is 0 Å². The van der Waals surface area contributed by atoms with E-state index >= 15 is 0 Å². The van der Waals surface area contributed by atoms with Crippen molar-refractivity contribution in [3.8, 4) is 0 Å². The van der Waals surface area contributed by atoms with E-state index < -0.39 is 0 Å². The van der Waals surface area contributed by atoms with Crippen LogP contribution in [0, 0.1) is 0 Å². The van der Waals surface area contributed by atoms with E-state index in [-0.39, 0.29) is 0 Å². The van der Waals surface area contributed by atoms with Crippen LogP contribution in [-0.4, -0.2) is 38.8 Å². The van der Waals surface area contributed by atoms with E-state index in [4.69, 9.17) is 4.74 Å². The van der Waals surface area contributed by atoms with Gasteiger partial charge >= 0.3 is 0 Å². The quantitative estimate of drug-likeness (QED) is 0.461. The Morgan fingerprint density at radius 3 is 2.65 bits per heavy atom. The minimum atomic E-state index is 0.341. The predicted molar refractivity (Wildman–Crippen MR) is 97.2 cm³/mol. The normalized spacial score (nSPS) is 18.4. The Labute approximate surface area is 140 Å². The fourth-order valence-electron chi connectivity index (χ4n) is 2.80. The second-order valence-corrected chi connectivity index (χ2v) is 6.51. The van der Waals surface area contributed by atoms with Crippen molar-refractivity contribution < 1.29 is 4.74 Å². The zero-order chi connectivity index (χ0) is 16.5. The zero-order valence-corrected chi connectivity index (χ0v) is 14.8. The van der Waals surface area contributed by atoms with Crippen molar-refractivity contribution in [1.29, 1.82) is 0 Å². The summed E-state index contributed by atoms with van der Waals surface area (Å²) in [6.07, 6.45) is 4.85. The summed E-state index contributed by atoms with van der Waals surface area (Å²) in [4.78, 5) is 4.26. The first-order valence-corrected chi connectivity index (χ1v) is 8.84.